The van der Waals surface area contributed by atoms with Gasteiger partial charge in [0.05, 0.1) is 5.38 Å². The first kappa shape index (κ1) is 9.55. The quantitative estimate of drug-likeness (QED) is 0.738. The van der Waals surface area contributed by atoms with E-state index in [9.17, 15) is 0 Å². The Morgan fingerprint density at radius 2 is 2.21 bits per heavy atom. The molecule has 3 nitrogen and oxygen atoms in total. The van der Waals surface area contributed by atoms with Crippen LogP contribution in [0.25, 0.3) is 10.7 Å². The number of halogens is 1. The second-order valence-electron chi connectivity index (χ2n) is 2.78. The molecule has 2 heterocycles. The van der Waals surface area contributed by atoms with E-state index < -0.39 is 0 Å². The largest absolute Gasteiger partial charge is 0.254 e. The van der Waals surface area contributed by atoms with Gasteiger partial charge >= 0.3 is 0 Å². The lowest BCUT2D eigenvalue weighted by molar-refractivity contribution is 0.961. The van der Waals surface area contributed by atoms with Crippen molar-refractivity contribution in [3.05, 3.63) is 29.4 Å². The Kier molecular flexibility index (Phi) is 2.74. The van der Waals surface area contributed by atoms with Gasteiger partial charge in [-0.2, -0.15) is 0 Å². The number of aromatic nitrogens is 3. The van der Waals surface area contributed by atoms with Crippen LogP contribution >= 0.6 is 22.9 Å². The molecule has 0 fully saturated rings. The average molecular weight is 226 g/mol. The Hall–Kier alpha value is -1.00. The predicted molar refractivity (Wildman–Crippen MR) is 57.4 cm³/mol. The van der Waals surface area contributed by atoms with Gasteiger partial charge in [-0.15, -0.1) is 21.8 Å². The second kappa shape index (κ2) is 4.02. The lowest BCUT2D eigenvalue weighted by Crippen LogP contribution is -1.81. The van der Waals surface area contributed by atoms with Crippen molar-refractivity contribution in [1.82, 2.24) is 15.2 Å². The molecule has 0 spiro atoms. The van der Waals surface area contributed by atoms with E-state index in [4.69, 9.17) is 11.6 Å². The number of alkyl halides is 1. The monoisotopic (exact) mass is 225 g/mol. The van der Waals surface area contributed by atoms with Crippen LogP contribution in [-0.4, -0.2) is 15.2 Å². The Morgan fingerprint density at radius 3 is 2.79 bits per heavy atom. The molecule has 0 radical (unpaired) electrons. The molecular formula is C9H8ClN3S. The number of nitrogens with zero attached hydrogens (tertiary/aromatic N) is 3. The maximum Gasteiger partial charge on any atom is 0.166 e. The van der Waals surface area contributed by atoms with Crippen molar-refractivity contribution < 1.29 is 0 Å². The van der Waals surface area contributed by atoms with E-state index in [1.54, 1.807) is 6.20 Å². The SMILES string of the molecule is CC(Cl)c1nnc(-c2ccccn2)s1. The highest BCUT2D eigenvalue weighted by atomic mass is 35.5. The molecule has 0 bridgehead atoms. The summed E-state index contributed by atoms with van der Waals surface area (Å²) >= 11 is 7.37. The zero-order valence-corrected chi connectivity index (χ0v) is 9.09. The fraction of sp³-hybridized carbons (Fsp3) is 0.222. The number of hydrogen-bond donors (Lipinski definition) is 0. The summed E-state index contributed by atoms with van der Waals surface area (Å²) < 4.78 is 0. The Bertz CT molecular complexity index is 413. The van der Waals surface area contributed by atoms with Gasteiger partial charge in [-0.25, -0.2) is 0 Å². The Labute approximate surface area is 90.8 Å². The van der Waals surface area contributed by atoms with Crippen molar-refractivity contribution in [3.63, 3.8) is 0 Å². The smallest absolute Gasteiger partial charge is 0.166 e. The summed E-state index contributed by atoms with van der Waals surface area (Å²) in [5.41, 5.74) is 0.841. The normalized spacial score (nSPS) is 12.7. The van der Waals surface area contributed by atoms with E-state index in [0.29, 0.717) is 0 Å². The average Bonchev–Trinajstić information content (AvgIpc) is 2.68. The highest BCUT2D eigenvalue weighted by Gasteiger charge is 2.10. The summed E-state index contributed by atoms with van der Waals surface area (Å²) in [6.45, 7) is 1.88. The molecule has 0 N–H and O–H groups in total. The van der Waals surface area contributed by atoms with Gasteiger partial charge in [0.1, 0.15) is 10.7 Å². The third-order valence-corrected chi connectivity index (χ3v) is 3.13. The molecule has 1 atom stereocenters. The third-order valence-electron chi connectivity index (χ3n) is 1.66. The Balaban J connectivity index is 2.34. The fourth-order valence-corrected chi connectivity index (χ4v) is 1.91. The zero-order valence-electron chi connectivity index (χ0n) is 7.51. The third kappa shape index (κ3) is 1.91. The summed E-state index contributed by atoms with van der Waals surface area (Å²) in [5.74, 6) is 0. The van der Waals surface area contributed by atoms with Gasteiger partial charge in [0.2, 0.25) is 0 Å². The van der Waals surface area contributed by atoms with Crippen LogP contribution in [0.4, 0.5) is 0 Å². The summed E-state index contributed by atoms with van der Waals surface area (Å²) in [7, 11) is 0. The first-order valence-corrected chi connectivity index (χ1v) is 5.41. The molecule has 0 aromatic carbocycles. The number of pyridine rings is 1. The maximum absolute atomic E-state index is 5.89. The first-order chi connectivity index (χ1) is 6.77. The van der Waals surface area contributed by atoms with E-state index in [0.717, 1.165) is 15.7 Å². The lowest BCUT2D eigenvalue weighted by Gasteiger charge is -1.92. The van der Waals surface area contributed by atoms with E-state index >= 15 is 0 Å². The van der Waals surface area contributed by atoms with Crippen molar-refractivity contribution in [2.24, 2.45) is 0 Å². The molecule has 0 aliphatic carbocycles. The highest BCUT2D eigenvalue weighted by molar-refractivity contribution is 7.14. The van der Waals surface area contributed by atoms with Crippen molar-refractivity contribution in [3.8, 4) is 10.7 Å². The molecule has 0 saturated heterocycles. The summed E-state index contributed by atoms with van der Waals surface area (Å²) in [5, 5.41) is 9.56. The predicted octanol–water partition coefficient (Wildman–Crippen LogP) is 2.90. The first-order valence-electron chi connectivity index (χ1n) is 4.16. The molecule has 0 saturated carbocycles. The van der Waals surface area contributed by atoms with Crippen LogP contribution < -0.4 is 0 Å². The standard InChI is InChI=1S/C9H8ClN3S/c1-6(10)8-12-13-9(14-8)7-4-2-3-5-11-7/h2-6H,1H3. The molecule has 2 aromatic rings. The number of hydrogen-bond acceptors (Lipinski definition) is 4. The molecule has 2 aromatic heterocycles. The zero-order chi connectivity index (χ0) is 9.97. The van der Waals surface area contributed by atoms with Crippen LogP contribution in [0.1, 0.15) is 17.3 Å². The minimum atomic E-state index is -0.0926. The molecule has 5 heteroatoms. The molecule has 0 aliphatic rings. The summed E-state index contributed by atoms with van der Waals surface area (Å²) in [6, 6.07) is 5.70. The van der Waals surface area contributed by atoms with Gasteiger partial charge < -0.3 is 0 Å². The van der Waals surface area contributed by atoms with Gasteiger partial charge in [-0.3, -0.25) is 4.98 Å². The van der Waals surface area contributed by atoms with Crippen LogP contribution in [0, 0.1) is 0 Å². The molecule has 2 rings (SSSR count). The van der Waals surface area contributed by atoms with Crippen LogP contribution in [0.15, 0.2) is 24.4 Å². The lowest BCUT2D eigenvalue weighted by atomic mass is 10.4. The summed E-state index contributed by atoms with van der Waals surface area (Å²) in [4.78, 5) is 4.19. The molecule has 14 heavy (non-hydrogen) atoms. The van der Waals surface area contributed by atoms with Gasteiger partial charge in [0.25, 0.3) is 0 Å². The van der Waals surface area contributed by atoms with E-state index in [1.807, 2.05) is 25.1 Å². The van der Waals surface area contributed by atoms with Crippen molar-refractivity contribution in [2.75, 3.05) is 0 Å². The van der Waals surface area contributed by atoms with Crippen molar-refractivity contribution in [1.29, 1.82) is 0 Å². The number of rotatable bonds is 2. The topological polar surface area (TPSA) is 38.7 Å². The minimum absolute atomic E-state index is 0.0926. The van der Waals surface area contributed by atoms with Crippen molar-refractivity contribution >= 4 is 22.9 Å². The van der Waals surface area contributed by atoms with Crippen LogP contribution in [-0.2, 0) is 0 Å². The van der Waals surface area contributed by atoms with E-state index in [1.165, 1.54) is 11.3 Å². The van der Waals surface area contributed by atoms with Gasteiger partial charge in [0, 0.05) is 6.20 Å². The Morgan fingerprint density at radius 1 is 1.36 bits per heavy atom. The van der Waals surface area contributed by atoms with Crippen LogP contribution in [0.2, 0.25) is 0 Å². The van der Waals surface area contributed by atoms with Gasteiger partial charge in [-0.1, -0.05) is 17.4 Å². The molecule has 72 valence electrons. The molecule has 0 amide bonds. The van der Waals surface area contributed by atoms with Crippen LogP contribution in [0.5, 0.6) is 0 Å². The molecular weight excluding hydrogens is 218 g/mol. The van der Waals surface area contributed by atoms with Crippen molar-refractivity contribution in [2.45, 2.75) is 12.3 Å². The van der Waals surface area contributed by atoms with Gasteiger partial charge in [-0.05, 0) is 19.1 Å². The summed E-state index contributed by atoms with van der Waals surface area (Å²) in [6.07, 6.45) is 1.74. The van der Waals surface area contributed by atoms with Gasteiger partial charge in [0.15, 0.2) is 5.01 Å². The molecule has 0 aliphatic heterocycles. The molecule has 1 unspecified atom stereocenters. The maximum atomic E-state index is 5.89. The van der Waals surface area contributed by atoms with E-state index in [-0.39, 0.29) is 5.38 Å². The minimum Gasteiger partial charge on any atom is -0.254 e. The fourth-order valence-electron chi connectivity index (χ4n) is 0.988. The highest BCUT2D eigenvalue weighted by Crippen LogP contribution is 2.27. The second-order valence-corrected chi connectivity index (χ2v) is 4.44. The van der Waals surface area contributed by atoms with Crippen LogP contribution in [0.3, 0.4) is 0 Å². The van der Waals surface area contributed by atoms with E-state index in [2.05, 4.69) is 15.2 Å².